The molecule has 0 spiro atoms. The quantitative estimate of drug-likeness (QED) is 0.466. The van der Waals surface area contributed by atoms with Gasteiger partial charge >= 0.3 is 29.1 Å². The van der Waals surface area contributed by atoms with Crippen LogP contribution in [-0.2, 0) is 36.6 Å². The van der Waals surface area contributed by atoms with Crippen molar-refractivity contribution in [1.29, 1.82) is 0 Å². The number of hydrogen-bond acceptors (Lipinski definition) is 10. The molecule has 0 unspecified atom stereocenters. The maximum Gasteiger partial charge on any atom is 0.338 e. The van der Waals surface area contributed by atoms with Crippen LogP contribution in [-0.4, -0.2) is 64.8 Å². The molecule has 162 valence electrons. The van der Waals surface area contributed by atoms with Gasteiger partial charge in [0.2, 0.25) is 0 Å². The zero-order chi connectivity index (χ0) is 20.6. The lowest BCUT2D eigenvalue weighted by molar-refractivity contribution is -0.100. The highest BCUT2D eigenvalue weighted by Gasteiger charge is 2.47. The first-order valence-electron chi connectivity index (χ1n) is 9.37. The van der Waals surface area contributed by atoms with E-state index >= 15 is 0 Å². The van der Waals surface area contributed by atoms with Crippen molar-refractivity contribution in [1.82, 2.24) is 0 Å². The summed E-state index contributed by atoms with van der Waals surface area (Å²) < 4.78 is 43.3. The van der Waals surface area contributed by atoms with Crippen molar-refractivity contribution in [2.75, 3.05) is 52.9 Å². The van der Waals surface area contributed by atoms with Crippen LogP contribution in [0.3, 0.4) is 0 Å². The molecule has 6 aliphatic rings. The first-order valence-corrected chi connectivity index (χ1v) is 11.6. The van der Waals surface area contributed by atoms with Gasteiger partial charge in [-0.2, -0.15) is 0 Å². The molecule has 0 aromatic heterocycles. The predicted molar refractivity (Wildman–Crippen MR) is 101 cm³/mol. The lowest BCUT2D eigenvalue weighted by Gasteiger charge is -2.43. The average Bonchev–Trinajstić information content (AvgIpc) is 2.83. The molecule has 0 amide bonds. The van der Waals surface area contributed by atoms with E-state index in [1.165, 1.54) is 6.07 Å². The minimum atomic E-state index is -1.24. The average molecular weight is 458 g/mol. The third-order valence-electron chi connectivity index (χ3n) is 5.21. The third kappa shape index (κ3) is 4.24. The van der Waals surface area contributed by atoms with Gasteiger partial charge in [0.25, 0.3) is 0 Å². The van der Waals surface area contributed by atoms with Gasteiger partial charge in [0.05, 0.1) is 61.6 Å². The predicted octanol–water partition coefficient (Wildman–Crippen LogP) is 2.58. The molecule has 10 nitrogen and oxygen atoms in total. The van der Waals surface area contributed by atoms with Gasteiger partial charge < -0.3 is 36.6 Å². The molecule has 6 aliphatic heterocycles. The Morgan fingerprint density at radius 2 is 1.10 bits per heavy atom. The molecule has 0 atom stereocenters. The van der Waals surface area contributed by atoms with Gasteiger partial charge in [-0.05, 0) is 18.2 Å². The van der Waals surface area contributed by atoms with Crippen LogP contribution in [0.15, 0.2) is 24.3 Å². The molecule has 0 aliphatic carbocycles. The third-order valence-corrected chi connectivity index (χ3v) is 7.25. The lowest BCUT2D eigenvalue weighted by Crippen LogP contribution is -2.47. The van der Waals surface area contributed by atoms with Crippen molar-refractivity contribution in [3.8, 4) is 0 Å². The molecule has 1 aromatic rings. The summed E-state index contributed by atoms with van der Waals surface area (Å²) in [7, 11) is -2.49. The molecule has 6 heterocycles. The first kappa shape index (κ1) is 20.7. The van der Waals surface area contributed by atoms with Crippen molar-refractivity contribution >= 4 is 29.1 Å². The lowest BCUT2D eigenvalue weighted by atomic mass is 9.92. The Hall–Kier alpha value is -1.22. The summed E-state index contributed by atoms with van der Waals surface area (Å²) in [6.45, 7) is 2.79. The molecule has 30 heavy (non-hydrogen) atoms. The molecular formula is C18H20O10P2. The van der Waals surface area contributed by atoms with Crippen molar-refractivity contribution in [2.24, 2.45) is 10.8 Å². The van der Waals surface area contributed by atoms with E-state index in [0.717, 1.165) is 0 Å². The van der Waals surface area contributed by atoms with Crippen molar-refractivity contribution in [3.05, 3.63) is 35.4 Å². The molecule has 4 bridgehead atoms. The maximum atomic E-state index is 12.5. The van der Waals surface area contributed by atoms with Gasteiger partial charge in [0.1, 0.15) is 13.2 Å². The zero-order valence-corrected chi connectivity index (χ0v) is 17.7. The van der Waals surface area contributed by atoms with Crippen LogP contribution in [0.5, 0.6) is 0 Å². The summed E-state index contributed by atoms with van der Waals surface area (Å²) in [6.07, 6.45) is 0. The second-order valence-electron chi connectivity index (χ2n) is 7.82. The largest absolute Gasteiger partial charge is 0.461 e. The highest BCUT2D eigenvalue weighted by atomic mass is 31.2. The Morgan fingerprint density at radius 1 is 0.733 bits per heavy atom. The van der Waals surface area contributed by atoms with Crippen LogP contribution < -0.4 is 0 Å². The standard InChI is InChI=1S/C18H20O10P2/c19-15(21-5-17-7-23-29(24-8-17)25-9-17)13-2-1-3-14(4-13)16(20)22-6-18-10-26-30(27-11-18)28-12-18/h1-4H,5-12H2. The van der Waals surface area contributed by atoms with Gasteiger partial charge in [-0.3, -0.25) is 0 Å². The van der Waals surface area contributed by atoms with Crippen LogP contribution in [0, 0.1) is 10.8 Å². The number of ether oxygens (including phenoxy) is 2. The van der Waals surface area contributed by atoms with Crippen LogP contribution in [0.1, 0.15) is 20.7 Å². The maximum absolute atomic E-state index is 12.5. The monoisotopic (exact) mass is 458 g/mol. The summed E-state index contributed by atoms with van der Waals surface area (Å²) in [5.74, 6) is -1.08. The van der Waals surface area contributed by atoms with Crippen LogP contribution in [0.4, 0.5) is 0 Å². The molecule has 7 rings (SSSR count). The van der Waals surface area contributed by atoms with Crippen LogP contribution in [0.25, 0.3) is 0 Å². The van der Waals surface area contributed by atoms with Gasteiger partial charge in [-0.1, -0.05) is 6.07 Å². The van der Waals surface area contributed by atoms with Gasteiger partial charge in [0, 0.05) is 0 Å². The van der Waals surface area contributed by atoms with E-state index < -0.39 is 40.0 Å². The van der Waals surface area contributed by atoms with Crippen molar-refractivity contribution in [3.63, 3.8) is 0 Å². The molecule has 1 aromatic carbocycles. The summed E-state index contributed by atoms with van der Waals surface area (Å²) >= 11 is 0. The fourth-order valence-corrected chi connectivity index (χ4v) is 5.96. The molecule has 0 N–H and O–H groups in total. The van der Waals surface area contributed by atoms with Gasteiger partial charge in [-0.15, -0.1) is 0 Å². The molecule has 0 saturated carbocycles. The Labute approximate surface area is 175 Å². The van der Waals surface area contributed by atoms with E-state index in [9.17, 15) is 9.59 Å². The fourth-order valence-electron chi connectivity index (χ4n) is 3.24. The number of esters is 2. The minimum absolute atomic E-state index is 0.106. The Morgan fingerprint density at radius 3 is 1.47 bits per heavy atom. The number of rotatable bonds is 6. The topological polar surface area (TPSA) is 108 Å². The molecule has 12 heteroatoms. The summed E-state index contributed by atoms with van der Waals surface area (Å²) in [5.41, 5.74) is -0.470. The van der Waals surface area contributed by atoms with E-state index in [1.54, 1.807) is 18.2 Å². The molecular weight excluding hydrogens is 438 g/mol. The van der Waals surface area contributed by atoms with E-state index in [0.29, 0.717) is 39.6 Å². The Kier molecular flexibility index (Phi) is 5.77. The highest BCUT2D eigenvalue weighted by molar-refractivity contribution is 7.42. The number of benzene rings is 1. The van der Waals surface area contributed by atoms with Crippen LogP contribution >= 0.6 is 17.2 Å². The summed E-state index contributed by atoms with van der Waals surface area (Å²) in [6, 6.07) is 6.23. The smallest absolute Gasteiger partial charge is 0.338 e. The number of carbonyl (C=O) groups excluding carboxylic acids is 2. The zero-order valence-electron chi connectivity index (χ0n) is 15.9. The number of carbonyl (C=O) groups is 2. The SMILES string of the molecule is O=C(OCC12COP(OC1)OC2)c1cccc(C(=O)OCC23COP(OC2)OC3)c1. The van der Waals surface area contributed by atoms with Gasteiger partial charge in [-0.25, -0.2) is 9.59 Å². The summed E-state index contributed by atoms with van der Waals surface area (Å²) in [5, 5.41) is 0. The second kappa shape index (κ2) is 8.37. The Balaban J connectivity index is 1.17. The van der Waals surface area contributed by atoms with E-state index in [1.807, 2.05) is 0 Å². The van der Waals surface area contributed by atoms with Gasteiger partial charge in [0.15, 0.2) is 0 Å². The second-order valence-corrected chi connectivity index (χ2v) is 10.3. The highest BCUT2D eigenvalue weighted by Crippen LogP contribution is 2.54. The number of hydrogen-bond donors (Lipinski definition) is 0. The minimum Gasteiger partial charge on any atom is -0.461 e. The number of fused-ring (bicyclic) bond motifs is 6. The molecule has 0 radical (unpaired) electrons. The molecule has 6 fully saturated rings. The van der Waals surface area contributed by atoms with Crippen molar-refractivity contribution in [2.45, 2.75) is 0 Å². The molecule has 6 saturated heterocycles. The first-order chi connectivity index (χ1) is 14.5. The van der Waals surface area contributed by atoms with E-state index in [4.69, 9.17) is 36.6 Å². The van der Waals surface area contributed by atoms with Crippen molar-refractivity contribution < 1.29 is 46.2 Å². The van der Waals surface area contributed by atoms with E-state index in [2.05, 4.69) is 0 Å². The van der Waals surface area contributed by atoms with E-state index in [-0.39, 0.29) is 24.3 Å². The Bertz CT molecular complexity index is 726. The normalized spacial score (nSPS) is 34.5. The summed E-state index contributed by atoms with van der Waals surface area (Å²) in [4.78, 5) is 25.0. The van der Waals surface area contributed by atoms with Crippen LogP contribution in [0.2, 0.25) is 0 Å². The fraction of sp³-hybridized carbons (Fsp3) is 0.556.